The van der Waals surface area contributed by atoms with E-state index in [-0.39, 0.29) is 18.0 Å². The smallest absolute Gasteiger partial charge is 0.272 e. The molecule has 2 aliphatic rings. The van der Waals surface area contributed by atoms with Crippen LogP contribution in [-0.4, -0.2) is 42.7 Å². The lowest BCUT2D eigenvalue weighted by atomic mass is 9.83. The minimum Gasteiger partial charge on any atom is -0.391 e. The van der Waals surface area contributed by atoms with E-state index in [4.69, 9.17) is 0 Å². The van der Waals surface area contributed by atoms with Gasteiger partial charge in [0, 0.05) is 18.4 Å². The van der Waals surface area contributed by atoms with Crippen molar-refractivity contribution in [3.8, 4) is 0 Å². The molecule has 116 valence electrons. The molecule has 1 aliphatic carbocycles. The number of aliphatic hydroxyl groups is 1. The van der Waals surface area contributed by atoms with Crippen molar-refractivity contribution in [3.63, 3.8) is 0 Å². The van der Waals surface area contributed by atoms with Gasteiger partial charge in [0.1, 0.15) is 5.69 Å². The van der Waals surface area contributed by atoms with Gasteiger partial charge in [0.25, 0.3) is 5.91 Å². The number of nitrogens with zero attached hydrogens (tertiary/aromatic N) is 4. The van der Waals surface area contributed by atoms with Gasteiger partial charge in [-0.3, -0.25) is 14.2 Å². The van der Waals surface area contributed by atoms with E-state index in [1.807, 2.05) is 23.9 Å². The van der Waals surface area contributed by atoms with Gasteiger partial charge in [-0.1, -0.05) is 0 Å². The molecule has 0 aromatic carbocycles. The second-order valence-corrected chi connectivity index (χ2v) is 6.22. The van der Waals surface area contributed by atoms with Crippen LogP contribution in [0.4, 0.5) is 0 Å². The molecule has 0 saturated heterocycles. The van der Waals surface area contributed by atoms with Gasteiger partial charge in [-0.05, 0) is 37.8 Å². The number of rotatable bonds is 3. The Balaban J connectivity index is 1.47. The van der Waals surface area contributed by atoms with Crippen molar-refractivity contribution in [2.24, 2.45) is 0 Å². The van der Waals surface area contributed by atoms with E-state index in [1.165, 1.54) is 0 Å². The van der Waals surface area contributed by atoms with Crippen molar-refractivity contribution >= 4 is 5.91 Å². The number of amides is 1. The largest absolute Gasteiger partial charge is 0.391 e. The Bertz CT molecular complexity index is 698. The summed E-state index contributed by atoms with van der Waals surface area (Å²) in [5, 5.41) is 21.5. The zero-order valence-electron chi connectivity index (χ0n) is 12.4. The van der Waals surface area contributed by atoms with Crippen molar-refractivity contribution in [1.29, 1.82) is 0 Å². The summed E-state index contributed by atoms with van der Waals surface area (Å²) in [4.78, 5) is 12.3. The molecule has 3 heterocycles. The topological polar surface area (TPSA) is 85.0 Å². The van der Waals surface area contributed by atoms with Gasteiger partial charge in [-0.25, -0.2) is 0 Å². The van der Waals surface area contributed by atoms with Gasteiger partial charge in [-0.2, -0.15) is 10.2 Å². The Hall–Kier alpha value is -2.15. The van der Waals surface area contributed by atoms with Crippen molar-refractivity contribution in [2.75, 3.05) is 0 Å². The molecule has 2 N–H and O–H groups in total. The molecular formula is C15H19N5O2. The van der Waals surface area contributed by atoms with E-state index < -0.39 is 6.10 Å². The molecule has 0 bridgehead atoms. The fourth-order valence-electron chi connectivity index (χ4n) is 3.33. The van der Waals surface area contributed by atoms with Crippen LogP contribution in [0.5, 0.6) is 0 Å². The van der Waals surface area contributed by atoms with E-state index in [9.17, 15) is 9.90 Å². The first-order valence-corrected chi connectivity index (χ1v) is 7.68. The normalized spacial score (nSPS) is 26.5. The highest BCUT2D eigenvalue weighted by molar-refractivity contribution is 5.92. The number of carbonyl (C=O) groups excluding carboxylic acids is 1. The van der Waals surface area contributed by atoms with Gasteiger partial charge in [0.2, 0.25) is 0 Å². The summed E-state index contributed by atoms with van der Waals surface area (Å²) < 4.78 is 3.64. The van der Waals surface area contributed by atoms with Crippen molar-refractivity contribution in [3.05, 3.63) is 35.4 Å². The molecule has 1 amide bonds. The minimum atomic E-state index is -0.475. The molecule has 22 heavy (non-hydrogen) atoms. The fraction of sp³-hybridized carbons (Fsp3) is 0.533. The number of hydrogen-bond acceptors (Lipinski definition) is 4. The van der Waals surface area contributed by atoms with Gasteiger partial charge in [-0.15, -0.1) is 0 Å². The van der Waals surface area contributed by atoms with Crippen LogP contribution in [0.1, 0.15) is 40.6 Å². The third-order valence-electron chi connectivity index (χ3n) is 4.55. The highest BCUT2D eigenvalue weighted by Crippen LogP contribution is 2.32. The fourth-order valence-corrected chi connectivity index (χ4v) is 3.33. The quantitative estimate of drug-likeness (QED) is 0.861. The Morgan fingerprint density at radius 2 is 2.36 bits per heavy atom. The average Bonchev–Trinajstić information content (AvgIpc) is 3.13. The highest BCUT2D eigenvalue weighted by Gasteiger charge is 2.43. The molecule has 1 aliphatic heterocycles. The summed E-state index contributed by atoms with van der Waals surface area (Å²) in [5.41, 5.74) is 2.62. The second kappa shape index (κ2) is 4.95. The predicted octanol–water partition coefficient (Wildman–Crippen LogP) is 0.439. The van der Waals surface area contributed by atoms with Crippen molar-refractivity contribution in [1.82, 2.24) is 24.9 Å². The van der Waals surface area contributed by atoms with Crippen molar-refractivity contribution in [2.45, 2.75) is 50.9 Å². The van der Waals surface area contributed by atoms with Crippen LogP contribution in [0.3, 0.4) is 0 Å². The molecular weight excluding hydrogens is 282 g/mol. The molecule has 0 radical (unpaired) electrons. The maximum atomic E-state index is 12.3. The Labute approximate surface area is 127 Å². The summed E-state index contributed by atoms with van der Waals surface area (Å²) in [6, 6.07) is 1.55. The third kappa shape index (κ3) is 2.12. The van der Waals surface area contributed by atoms with Crippen LogP contribution < -0.4 is 5.32 Å². The summed E-state index contributed by atoms with van der Waals surface area (Å²) in [6.07, 6.45) is 5.79. The summed E-state index contributed by atoms with van der Waals surface area (Å²) in [7, 11) is 0. The number of carbonyl (C=O) groups is 1. The number of aryl methyl sites for hydroxylation is 3. The Morgan fingerprint density at radius 3 is 3.05 bits per heavy atom. The molecule has 3 atom stereocenters. The zero-order valence-corrected chi connectivity index (χ0v) is 12.4. The number of hydrogen-bond donors (Lipinski definition) is 2. The maximum absolute atomic E-state index is 12.3. The van der Waals surface area contributed by atoms with Gasteiger partial charge < -0.3 is 10.4 Å². The first kappa shape index (κ1) is 13.5. The molecule has 4 rings (SSSR count). The van der Waals surface area contributed by atoms with Crippen LogP contribution in [0, 0.1) is 6.92 Å². The molecule has 0 unspecified atom stereocenters. The van der Waals surface area contributed by atoms with E-state index in [0.717, 1.165) is 30.6 Å². The lowest BCUT2D eigenvalue weighted by Gasteiger charge is -2.41. The summed E-state index contributed by atoms with van der Waals surface area (Å²) >= 11 is 0. The zero-order chi connectivity index (χ0) is 15.3. The molecule has 2 aromatic heterocycles. The summed E-state index contributed by atoms with van der Waals surface area (Å²) in [5.74, 6) is -0.173. The van der Waals surface area contributed by atoms with E-state index in [2.05, 4.69) is 15.5 Å². The van der Waals surface area contributed by atoms with Crippen LogP contribution in [0.25, 0.3) is 0 Å². The summed E-state index contributed by atoms with van der Waals surface area (Å²) in [6.45, 7) is 2.84. The minimum absolute atomic E-state index is 0.113. The number of aliphatic hydroxyl groups excluding tert-OH is 1. The molecule has 7 nitrogen and oxygen atoms in total. The van der Waals surface area contributed by atoms with Gasteiger partial charge in [0.05, 0.1) is 24.4 Å². The maximum Gasteiger partial charge on any atom is 0.272 e. The first-order valence-electron chi connectivity index (χ1n) is 7.68. The van der Waals surface area contributed by atoms with Crippen LogP contribution in [0.2, 0.25) is 0 Å². The van der Waals surface area contributed by atoms with Crippen LogP contribution >= 0.6 is 0 Å². The van der Waals surface area contributed by atoms with Gasteiger partial charge in [0.15, 0.2) is 0 Å². The molecule has 1 saturated carbocycles. The molecule has 2 aromatic rings. The highest BCUT2D eigenvalue weighted by atomic mass is 16.3. The molecule has 0 spiro atoms. The SMILES string of the molecule is Cc1cnn([C@H]2[C@H](O)C[C@@H]2NC(=O)c2cc3n(n2)CCC3)c1. The van der Waals surface area contributed by atoms with E-state index in [0.29, 0.717) is 12.1 Å². The first-order chi connectivity index (χ1) is 10.6. The Morgan fingerprint density at radius 1 is 1.50 bits per heavy atom. The average molecular weight is 301 g/mol. The number of aromatic nitrogens is 4. The lowest BCUT2D eigenvalue weighted by molar-refractivity contribution is -0.00598. The van der Waals surface area contributed by atoms with Gasteiger partial charge >= 0.3 is 0 Å². The third-order valence-corrected chi connectivity index (χ3v) is 4.55. The van der Waals surface area contributed by atoms with E-state index in [1.54, 1.807) is 10.9 Å². The van der Waals surface area contributed by atoms with Crippen LogP contribution in [-0.2, 0) is 13.0 Å². The number of fused-ring (bicyclic) bond motifs is 1. The second-order valence-electron chi connectivity index (χ2n) is 6.22. The van der Waals surface area contributed by atoms with Crippen LogP contribution in [0.15, 0.2) is 18.5 Å². The lowest BCUT2D eigenvalue weighted by Crippen LogP contribution is -2.56. The molecule has 1 fully saturated rings. The monoisotopic (exact) mass is 301 g/mol. The van der Waals surface area contributed by atoms with Crippen molar-refractivity contribution < 1.29 is 9.90 Å². The standard InChI is InChI=1S/C15H19N5O2/c1-9-7-16-20(8-9)14-11(6-13(14)21)17-15(22)12-5-10-3-2-4-19(10)18-12/h5,7-8,11,13-14,21H,2-4,6H2,1H3,(H,17,22)/t11-,13+,14+/m0/s1. The molecule has 7 heteroatoms. The predicted molar refractivity (Wildman–Crippen MR) is 78.4 cm³/mol. The van der Waals surface area contributed by atoms with E-state index >= 15 is 0 Å². The number of nitrogens with one attached hydrogen (secondary N) is 1. The Kier molecular flexibility index (Phi) is 3.04.